The SMILES string of the molecule is CN(CCO)Cc1ccc(Nc2nc3ccc(N(C)c4ccc(F)cc4F)nc3s2)nc1. The summed E-state index contributed by atoms with van der Waals surface area (Å²) in [6, 6.07) is 10.8. The van der Waals surface area contributed by atoms with Gasteiger partial charge in [-0.1, -0.05) is 17.4 Å². The molecule has 3 heterocycles. The quantitative estimate of drug-likeness (QED) is 0.409. The number of rotatable bonds is 8. The van der Waals surface area contributed by atoms with Crippen LogP contribution in [-0.2, 0) is 6.54 Å². The number of anilines is 4. The summed E-state index contributed by atoms with van der Waals surface area (Å²) in [4.78, 5) is 17.8. The molecule has 2 N–H and O–H groups in total. The lowest BCUT2D eigenvalue weighted by Crippen LogP contribution is -2.21. The zero-order valence-electron chi connectivity index (χ0n) is 17.6. The second kappa shape index (κ2) is 9.51. The molecule has 10 heteroatoms. The van der Waals surface area contributed by atoms with Crippen molar-refractivity contribution in [2.75, 3.05) is 37.5 Å². The van der Waals surface area contributed by atoms with Crippen molar-refractivity contribution in [1.29, 1.82) is 0 Å². The van der Waals surface area contributed by atoms with Crippen molar-refractivity contribution in [1.82, 2.24) is 19.9 Å². The molecule has 1 aromatic carbocycles. The maximum Gasteiger partial charge on any atom is 0.190 e. The molecule has 4 aromatic rings. The van der Waals surface area contributed by atoms with Gasteiger partial charge in [0.1, 0.15) is 33.6 Å². The van der Waals surface area contributed by atoms with Crippen LogP contribution in [0.25, 0.3) is 10.3 Å². The smallest absolute Gasteiger partial charge is 0.190 e. The molecule has 166 valence electrons. The molecule has 0 unspecified atom stereocenters. The van der Waals surface area contributed by atoms with Gasteiger partial charge in [0.15, 0.2) is 5.13 Å². The Labute approximate surface area is 188 Å². The van der Waals surface area contributed by atoms with Gasteiger partial charge < -0.3 is 15.3 Å². The molecule has 0 aliphatic carbocycles. The van der Waals surface area contributed by atoms with E-state index in [1.54, 1.807) is 24.2 Å². The van der Waals surface area contributed by atoms with Crippen molar-refractivity contribution >= 4 is 44.1 Å². The molecule has 0 bridgehead atoms. The molecule has 0 radical (unpaired) electrons. The first kappa shape index (κ1) is 22.0. The molecule has 0 aliphatic rings. The van der Waals surface area contributed by atoms with Crippen LogP contribution in [0.1, 0.15) is 5.56 Å². The second-order valence-corrected chi connectivity index (χ2v) is 8.28. The van der Waals surface area contributed by atoms with Gasteiger partial charge in [0.25, 0.3) is 0 Å². The summed E-state index contributed by atoms with van der Waals surface area (Å²) in [6.45, 7) is 1.42. The third kappa shape index (κ3) is 4.98. The van der Waals surface area contributed by atoms with Gasteiger partial charge >= 0.3 is 0 Å². The first-order valence-electron chi connectivity index (χ1n) is 9.90. The summed E-state index contributed by atoms with van der Waals surface area (Å²) in [5.74, 6) is -0.103. The average molecular weight is 457 g/mol. The summed E-state index contributed by atoms with van der Waals surface area (Å²) < 4.78 is 27.3. The molecule has 3 aromatic heterocycles. The molecule has 0 spiro atoms. The zero-order chi connectivity index (χ0) is 22.7. The monoisotopic (exact) mass is 456 g/mol. The summed E-state index contributed by atoms with van der Waals surface area (Å²) in [5, 5.41) is 12.8. The molecule has 32 heavy (non-hydrogen) atoms. The fourth-order valence-electron chi connectivity index (χ4n) is 3.19. The highest BCUT2D eigenvalue weighted by Gasteiger charge is 2.14. The number of halogens is 2. The van der Waals surface area contributed by atoms with Gasteiger partial charge in [-0.3, -0.25) is 4.90 Å². The van der Waals surface area contributed by atoms with E-state index in [1.165, 1.54) is 23.5 Å². The lowest BCUT2D eigenvalue weighted by Gasteiger charge is -2.18. The normalized spacial score (nSPS) is 11.3. The van der Waals surface area contributed by atoms with Crippen LogP contribution in [0.4, 0.5) is 31.2 Å². The largest absolute Gasteiger partial charge is 0.395 e. The predicted molar refractivity (Wildman–Crippen MR) is 123 cm³/mol. The molecule has 0 amide bonds. The van der Waals surface area contributed by atoms with E-state index < -0.39 is 11.6 Å². The zero-order valence-corrected chi connectivity index (χ0v) is 18.4. The van der Waals surface area contributed by atoms with Crippen LogP contribution >= 0.6 is 11.3 Å². The molecular formula is C22H22F2N6OS. The first-order valence-corrected chi connectivity index (χ1v) is 10.7. The molecule has 0 saturated heterocycles. The third-order valence-electron chi connectivity index (χ3n) is 4.85. The fourth-order valence-corrected chi connectivity index (χ4v) is 4.03. The Kier molecular flexibility index (Phi) is 6.54. The van der Waals surface area contributed by atoms with Crippen molar-refractivity contribution in [3.63, 3.8) is 0 Å². The maximum atomic E-state index is 14.1. The van der Waals surface area contributed by atoms with Crippen LogP contribution in [0.3, 0.4) is 0 Å². The van der Waals surface area contributed by atoms with Crippen LogP contribution in [0, 0.1) is 11.6 Å². The Balaban J connectivity index is 1.49. The number of thiazole rings is 1. The van der Waals surface area contributed by atoms with Crippen LogP contribution in [0.15, 0.2) is 48.7 Å². The summed E-state index contributed by atoms with van der Waals surface area (Å²) in [6.07, 6.45) is 1.78. The van der Waals surface area contributed by atoms with Crippen molar-refractivity contribution in [2.45, 2.75) is 6.54 Å². The van der Waals surface area contributed by atoms with E-state index in [-0.39, 0.29) is 12.3 Å². The number of nitrogens with zero attached hydrogens (tertiary/aromatic N) is 5. The van der Waals surface area contributed by atoms with Crippen LogP contribution < -0.4 is 10.2 Å². The van der Waals surface area contributed by atoms with E-state index in [4.69, 9.17) is 5.11 Å². The summed E-state index contributed by atoms with van der Waals surface area (Å²) in [5.41, 5.74) is 1.98. The standard InChI is InChI=1S/C22H22F2N6OS/c1-29(9-10-31)13-14-3-7-19(25-12-14)27-22-26-17-5-8-20(28-21(17)32-22)30(2)18-6-4-15(23)11-16(18)24/h3-8,11-12,31H,9-10,13H2,1-2H3,(H,25,26,27). The van der Waals surface area contributed by atoms with Gasteiger partial charge in [-0.05, 0) is 42.9 Å². The van der Waals surface area contributed by atoms with E-state index in [1.807, 2.05) is 30.1 Å². The van der Waals surface area contributed by atoms with Gasteiger partial charge in [0.05, 0.1) is 12.3 Å². The molecule has 7 nitrogen and oxygen atoms in total. The van der Waals surface area contributed by atoms with E-state index in [0.717, 1.165) is 11.6 Å². The van der Waals surface area contributed by atoms with Crippen molar-refractivity contribution in [2.24, 2.45) is 0 Å². The van der Waals surface area contributed by atoms with Gasteiger partial charge in [-0.15, -0.1) is 0 Å². The second-order valence-electron chi connectivity index (χ2n) is 7.31. The van der Waals surface area contributed by atoms with E-state index in [9.17, 15) is 8.78 Å². The van der Waals surface area contributed by atoms with Crippen LogP contribution in [-0.4, -0.2) is 52.2 Å². The molecule has 4 rings (SSSR count). The first-order chi connectivity index (χ1) is 15.4. The number of likely N-dealkylation sites (N-methyl/N-ethyl adjacent to an activating group) is 1. The highest BCUT2D eigenvalue weighted by atomic mass is 32.1. The lowest BCUT2D eigenvalue weighted by molar-refractivity contribution is 0.217. The lowest BCUT2D eigenvalue weighted by atomic mass is 10.2. The van der Waals surface area contributed by atoms with E-state index in [2.05, 4.69) is 20.3 Å². The fraction of sp³-hybridized carbons (Fsp3) is 0.227. The number of hydrogen-bond donors (Lipinski definition) is 2. The number of nitrogens with one attached hydrogen (secondary N) is 1. The predicted octanol–water partition coefficient (Wildman–Crippen LogP) is 4.30. The molecule has 0 fully saturated rings. The summed E-state index contributed by atoms with van der Waals surface area (Å²) in [7, 11) is 3.61. The number of aromatic nitrogens is 3. The molecular weight excluding hydrogens is 434 g/mol. The minimum Gasteiger partial charge on any atom is -0.395 e. The Morgan fingerprint density at radius 1 is 1.06 bits per heavy atom. The van der Waals surface area contributed by atoms with E-state index in [0.29, 0.717) is 40.2 Å². The highest BCUT2D eigenvalue weighted by Crippen LogP contribution is 2.31. The van der Waals surface area contributed by atoms with Gasteiger partial charge in [-0.2, -0.15) is 0 Å². The van der Waals surface area contributed by atoms with Gasteiger partial charge in [-0.25, -0.2) is 23.7 Å². The van der Waals surface area contributed by atoms with Crippen molar-refractivity contribution in [3.8, 4) is 0 Å². The summed E-state index contributed by atoms with van der Waals surface area (Å²) >= 11 is 1.36. The number of aliphatic hydroxyl groups is 1. The number of pyridine rings is 2. The minimum absolute atomic E-state index is 0.117. The number of fused-ring (bicyclic) bond motifs is 1. The van der Waals surface area contributed by atoms with E-state index >= 15 is 0 Å². The topological polar surface area (TPSA) is 77.4 Å². The van der Waals surface area contributed by atoms with Crippen molar-refractivity contribution < 1.29 is 13.9 Å². The number of hydrogen-bond acceptors (Lipinski definition) is 8. The van der Waals surface area contributed by atoms with Gasteiger partial charge in [0, 0.05) is 32.4 Å². The van der Waals surface area contributed by atoms with Crippen molar-refractivity contribution in [3.05, 3.63) is 65.9 Å². The molecule has 0 aliphatic heterocycles. The highest BCUT2D eigenvalue weighted by molar-refractivity contribution is 7.21. The van der Waals surface area contributed by atoms with Crippen LogP contribution in [0.5, 0.6) is 0 Å². The maximum absolute atomic E-state index is 14.1. The Morgan fingerprint density at radius 3 is 2.62 bits per heavy atom. The molecule has 0 atom stereocenters. The Hall–Kier alpha value is -3.21. The third-order valence-corrected chi connectivity index (χ3v) is 5.73. The Morgan fingerprint density at radius 2 is 1.91 bits per heavy atom. The molecule has 0 saturated carbocycles. The average Bonchev–Trinajstić information content (AvgIpc) is 3.16. The van der Waals surface area contributed by atoms with Crippen LogP contribution in [0.2, 0.25) is 0 Å². The number of benzene rings is 1. The number of aliphatic hydroxyl groups excluding tert-OH is 1. The Bertz CT molecular complexity index is 1220. The van der Waals surface area contributed by atoms with Gasteiger partial charge in [0.2, 0.25) is 0 Å². The minimum atomic E-state index is -0.655.